The van der Waals surface area contributed by atoms with Gasteiger partial charge in [0.2, 0.25) is 5.78 Å². The molecule has 4 aliphatic carbocycles. The smallest absolute Gasteiger partial charge is 0.206 e. The minimum Gasteiger partial charge on any atom is -0.493 e. The number of Topliss-reactive ketones (excluding diaryl/α,β-unsaturated/α-hetero) is 1. The van der Waals surface area contributed by atoms with Gasteiger partial charge in [-0.2, -0.15) is 0 Å². The highest BCUT2D eigenvalue weighted by molar-refractivity contribution is 6.06. The van der Waals surface area contributed by atoms with Crippen molar-refractivity contribution in [2.24, 2.45) is 27.6 Å². The summed E-state index contributed by atoms with van der Waals surface area (Å²) in [5.41, 5.74) is -1.34. The van der Waals surface area contributed by atoms with Crippen LogP contribution in [0.25, 0.3) is 0 Å². The Morgan fingerprint density at radius 1 is 1.14 bits per heavy atom. The maximum Gasteiger partial charge on any atom is 0.206 e. The molecule has 0 unspecified atom stereocenters. The Bertz CT molecular complexity index is 1180. The molecule has 188 valence electrons. The Morgan fingerprint density at radius 2 is 1.89 bits per heavy atom. The van der Waals surface area contributed by atoms with Crippen LogP contribution in [0.2, 0.25) is 0 Å². The van der Waals surface area contributed by atoms with E-state index in [0.717, 1.165) is 24.0 Å². The van der Waals surface area contributed by atoms with Gasteiger partial charge in [-0.05, 0) is 69.7 Å². The SMILES string of the molecule is CCO[C@@H]1C[C@@]2(C)[C@H](c3ccoc3)C[C@H]3O[C@]32[C@]2(C)C(=O)C(OC)=C3C(C)(C)C(=O)C=C[C@]3(C)[C@@H]12. The summed E-state index contributed by atoms with van der Waals surface area (Å²) >= 11 is 0. The third kappa shape index (κ3) is 2.35. The Kier molecular flexibility index (Phi) is 4.49. The molecule has 0 N–H and O–H groups in total. The van der Waals surface area contributed by atoms with E-state index in [2.05, 4.69) is 20.8 Å². The molecule has 6 rings (SSSR count). The topological polar surface area (TPSA) is 78.3 Å². The molecule has 1 saturated heterocycles. The van der Waals surface area contributed by atoms with Crippen molar-refractivity contribution in [1.82, 2.24) is 0 Å². The molecule has 5 aliphatic rings. The maximum absolute atomic E-state index is 14.7. The molecule has 2 saturated carbocycles. The molecule has 6 nitrogen and oxygen atoms in total. The molecular formula is C29H36O6. The number of carbonyl (C=O) groups is 2. The second-order valence-corrected chi connectivity index (χ2v) is 12.3. The minimum absolute atomic E-state index is 0.0101. The number of allylic oxidation sites excluding steroid dienone is 4. The summed E-state index contributed by atoms with van der Waals surface area (Å²) in [7, 11) is 1.55. The minimum atomic E-state index is -0.882. The van der Waals surface area contributed by atoms with Crippen LogP contribution in [0.1, 0.15) is 65.9 Å². The van der Waals surface area contributed by atoms with Gasteiger partial charge in [0.25, 0.3) is 0 Å². The standard InChI is InChI=1S/C29H36O6/c1-8-34-18-14-27(5)17(16-10-12-33-15-16)13-20-29(27,35-20)28(6)22(18)26(4)11-9-19(30)25(2,3)23(26)21(32-7)24(28)31/h9-12,15,17-18,20,22H,8,13-14H2,1-7H3/t17-,18+,20+,22+,26+,27-,28-,29+/m0/s1. The molecule has 0 aromatic carbocycles. The van der Waals surface area contributed by atoms with Crippen LogP contribution in [0.15, 0.2) is 46.5 Å². The van der Waals surface area contributed by atoms with Crippen LogP contribution in [-0.2, 0) is 23.8 Å². The van der Waals surface area contributed by atoms with Crippen LogP contribution in [0, 0.1) is 27.6 Å². The normalized spacial score (nSPS) is 47.2. The highest BCUT2D eigenvalue weighted by atomic mass is 16.6. The van der Waals surface area contributed by atoms with Crippen LogP contribution in [0.4, 0.5) is 0 Å². The fraction of sp³-hybridized carbons (Fsp3) is 0.655. The van der Waals surface area contributed by atoms with Gasteiger partial charge in [0.05, 0.1) is 42.7 Å². The zero-order valence-corrected chi connectivity index (χ0v) is 21.8. The van der Waals surface area contributed by atoms with Crippen molar-refractivity contribution in [3.05, 3.63) is 47.6 Å². The number of methoxy groups -OCH3 is 1. The van der Waals surface area contributed by atoms with Crippen molar-refractivity contribution in [2.45, 2.75) is 78.1 Å². The summed E-state index contributed by atoms with van der Waals surface area (Å²) in [6.45, 7) is 12.9. The highest BCUT2D eigenvalue weighted by Gasteiger charge is 2.88. The molecule has 2 heterocycles. The molecule has 0 bridgehead atoms. The first-order valence-corrected chi connectivity index (χ1v) is 12.8. The lowest BCUT2D eigenvalue weighted by Gasteiger charge is -2.64. The molecular weight excluding hydrogens is 444 g/mol. The van der Waals surface area contributed by atoms with Crippen LogP contribution in [-0.4, -0.2) is 43.1 Å². The average Bonchev–Trinajstić information content (AvgIpc) is 3.17. The monoisotopic (exact) mass is 480 g/mol. The van der Waals surface area contributed by atoms with E-state index in [-0.39, 0.29) is 41.0 Å². The van der Waals surface area contributed by atoms with E-state index in [0.29, 0.717) is 12.4 Å². The molecule has 3 fully saturated rings. The first kappa shape index (κ1) is 23.2. The summed E-state index contributed by atoms with van der Waals surface area (Å²) in [5, 5.41) is 0. The van der Waals surface area contributed by atoms with E-state index in [1.54, 1.807) is 19.4 Å². The van der Waals surface area contributed by atoms with E-state index in [9.17, 15) is 9.59 Å². The van der Waals surface area contributed by atoms with Crippen LogP contribution in [0.3, 0.4) is 0 Å². The summed E-state index contributed by atoms with van der Waals surface area (Å²) in [6.07, 6.45) is 8.68. The van der Waals surface area contributed by atoms with Crippen LogP contribution in [0.5, 0.6) is 0 Å². The van der Waals surface area contributed by atoms with Crippen molar-refractivity contribution in [3.8, 4) is 0 Å². The molecule has 0 radical (unpaired) electrons. The lowest BCUT2D eigenvalue weighted by atomic mass is 9.38. The molecule has 8 atom stereocenters. The second-order valence-electron chi connectivity index (χ2n) is 12.3. The number of ether oxygens (including phenoxy) is 3. The summed E-state index contributed by atoms with van der Waals surface area (Å²) in [5.74, 6) is 0.270. The van der Waals surface area contributed by atoms with Gasteiger partial charge in [-0.15, -0.1) is 0 Å². The average molecular weight is 481 g/mol. The van der Waals surface area contributed by atoms with Gasteiger partial charge in [0.1, 0.15) is 5.60 Å². The fourth-order valence-corrected chi connectivity index (χ4v) is 9.43. The maximum atomic E-state index is 14.7. The number of epoxide rings is 1. The molecule has 1 aromatic heterocycles. The van der Waals surface area contributed by atoms with Crippen molar-refractivity contribution >= 4 is 11.6 Å². The molecule has 1 aliphatic heterocycles. The number of rotatable bonds is 4. The van der Waals surface area contributed by atoms with Gasteiger partial charge in [-0.1, -0.05) is 19.9 Å². The Hall–Kier alpha value is -2.18. The van der Waals surface area contributed by atoms with E-state index < -0.39 is 21.8 Å². The molecule has 6 heteroatoms. The highest BCUT2D eigenvalue weighted by Crippen LogP contribution is 2.81. The van der Waals surface area contributed by atoms with E-state index in [1.165, 1.54) is 0 Å². The van der Waals surface area contributed by atoms with Gasteiger partial charge >= 0.3 is 0 Å². The van der Waals surface area contributed by atoms with E-state index in [4.69, 9.17) is 18.6 Å². The molecule has 0 amide bonds. The second kappa shape index (κ2) is 6.77. The lowest BCUT2D eigenvalue weighted by Crippen LogP contribution is -2.70. The first-order valence-electron chi connectivity index (χ1n) is 12.8. The number of ketones is 2. The summed E-state index contributed by atoms with van der Waals surface area (Å²) in [4.78, 5) is 27.7. The number of hydrogen-bond donors (Lipinski definition) is 0. The van der Waals surface area contributed by atoms with E-state index in [1.807, 2.05) is 39.2 Å². The van der Waals surface area contributed by atoms with Crippen LogP contribution >= 0.6 is 0 Å². The number of hydrogen-bond acceptors (Lipinski definition) is 6. The molecule has 1 aromatic rings. The van der Waals surface area contributed by atoms with Gasteiger partial charge < -0.3 is 18.6 Å². The molecule has 1 spiro atoms. The number of carbonyl (C=O) groups excluding carboxylic acids is 2. The predicted octanol–water partition coefficient (Wildman–Crippen LogP) is 5.00. The van der Waals surface area contributed by atoms with Gasteiger partial charge in [0, 0.05) is 23.4 Å². The Morgan fingerprint density at radius 3 is 2.51 bits per heavy atom. The third-order valence-corrected chi connectivity index (χ3v) is 10.6. The van der Waals surface area contributed by atoms with Gasteiger partial charge in [0.15, 0.2) is 11.5 Å². The lowest BCUT2D eigenvalue weighted by molar-refractivity contribution is -0.196. The van der Waals surface area contributed by atoms with Crippen molar-refractivity contribution < 1.29 is 28.2 Å². The van der Waals surface area contributed by atoms with Crippen molar-refractivity contribution in [3.63, 3.8) is 0 Å². The predicted molar refractivity (Wildman–Crippen MR) is 128 cm³/mol. The summed E-state index contributed by atoms with van der Waals surface area (Å²) in [6, 6.07) is 2.04. The quantitative estimate of drug-likeness (QED) is 0.565. The fourth-order valence-electron chi connectivity index (χ4n) is 9.43. The number of furan rings is 1. The first-order chi connectivity index (χ1) is 16.4. The summed E-state index contributed by atoms with van der Waals surface area (Å²) < 4.78 is 24.6. The largest absolute Gasteiger partial charge is 0.493 e. The van der Waals surface area contributed by atoms with Crippen molar-refractivity contribution in [1.29, 1.82) is 0 Å². The van der Waals surface area contributed by atoms with Gasteiger partial charge in [-0.25, -0.2) is 0 Å². The van der Waals surface area contributed by atoms with E-state index >= 15 is 0 Å². The van der Waals surface area contributed by atoms with Crippen LogP contribution < -0.4 is 0 Å². The zero-order valence-electron chi connectivity index (χ0n) is 21.8. The number of fused-ring (bicyclic) bond motifs is 3. The third-order valence-electron chi connectivity index (χ3n) is 10.6. The van der Waals surface area contributed by atoms with Gasteiger partial charge in [-0.3, -0.25) is 9.59 Å². The van der Waals surface area contributed by atoms with Crippen molar-refractivity contribution in [2.75, 3.05) is 13.7 Å². The Labute approximate surface area is 207 Å². The Balaban J connectivity index is 1.63. The zero-order chi connectivity index (χ0) is 25.2. The molecule has 35 heavy (non-hydrogen) atoms.